The Bertz CT molecular complexity index is 559. The lowest BCUT2D eigenvalue weighted by Gasteiger charge is -2.26. The summed E-state index contributed by atoms with van der Waals surface area (Å²) in [5, 5.41) is 13.8. The lowest BCUT2D eigenvalue weighted by molar-refractivity contribution is -0.384. The van der Waals surface area contributed by atoms with Crippen LogP contribution in [-0.2, 0) is 0 Å². The fourth-order valence-electron chi connectivity index (χ4n) is 2.61. The standard InChI is InChI=1S/C14H17ClN2O3S/c1-21-14(6-2-3-7-14)9-16-13(18)10-4-5-11(15)12(8-10)17(19)20/h4-5,8H,2-3,6-7,9H2,1H3,(H,16,18). The SMILES string of the molecule is CSC1(CNC(=O)c2ccc(Cl)c([N+](=O)[O-])c2)CCCC1. The highest BCUT2D eigenvalue weighted by Gasteiger charge is 2.33. The van der Waals surface area contributed by atoms with Gasteiger partial charge in [-0.25, -0.2) is 0 Å². The molecule has 0 atom stereocenters. The average Bonchev–Trinajstić information content (AvgIpc) is 2.94. The summed E-state index contributed by atoms with van der Waals surface area (Å²) in [7, 11) is 0. The number of hydrogen-bond acceptors (Lipinski definition) is 4. The van der Waals surface area contributed by atoms with Gasteiger partial charge >= 0.3 is 0 Å². The van der Waals surface area contributed by atoms with E-state index in [-0.39, 0.29) is 26.9 Å². The van der Waals surface area contributed by atoms with Crippen molar-refractivity contribution in [1.82, 2.24) is 5.32 Å². The van der Waals surface area contributed by atoms with E-state index >= 15 is 0 Å². The number of nitrogens with zero attached hydrogens (tertiary/aromatic N) is 1. The van der Waals surface area contributed by atoms with Gasteiger partial charge in [-0.1, -0.05) is 24.4 Å². The van der Waals surface area contributed by atoms with Crippen LogP contribution >= 0.6 is 23.4 Å². The largest absolute Gasteiger partial charge is 0.351 e. The van der Waals surface area contributed by atoms with E-state index in [2.05, 4.69) is 11.6 Å². The Kier molecular flexibility index (Phi) is 5.11. The summed E-state index contributed by atoms with van der Waals surface area (Å²) in [6, 6.07) is 4.11. The second-order valence-electron chi connectivity index (χ2n) is 5.20. The average molecular weight is 329 g/mol. The molecule has 1 aromatic carbocycles. The highest BCUT2D eigenvalue weighted by molar-refractivity contribution is 8.00. The molecule has 1 aromatic rings. The number of nitro benzene ring substituents is 1. The van der Waals surface area contributed by atoms with Gasteiger partial charge in [-0.15, -0.1) is 0 Å². The number of thioether (sulfide) groups is 1. The maximum atomic E-state index is 12.2. The van der Waals surface area contributed by atoms with Crippen molar-refractivity contribution in [3.63, 3.8) is 0 Å². The van der Waals surface area contributed by atoms with E-state index in [1.807, 2.05) is 0 Å². The highest BCUT2D eigenvalue weighted by atomic mass is 35.5. The molecular formula is C14H17ClN2O3S. The molecular weight excluding hydrogens is 312 g/mol. The molecule has 1 amide bonds. The van der Waals surface area contributed by atoms with Crippen LogP contribution in [0.25, 0.3) is 0 Å². The summed E-state index contributed by atoms with van der Waals surface area (Å²) in [6.07, 6.45) is 6.61. The molecule has 5 nitrogen and oxygen atoms in total. The Morgan fingerprint density at radius 1 is 1.48 bits per heavy atom. The number of carbonyl (C=O) groups excluding carboxylic acids is 1. The number of carbonyl (C=O) groups is 1. The smallest absolute Gasteiger partial charge is 0.288 e. The van der Waals surface area contributed by atoms with Gasteiger partial charge in [-0.3, -0.25) is 14.9 Å². The van der Waals surface area contributed by atoms with Crippen molar-refractivity contribution in [2.24, 2.45) is 0 Å². The van der Waals surface area contributed by atoms with Gasteiger partial charge in [-0.2, -0.15) is 11.8 Å². The van der Waals surface area contributed by atoms with Crippen LogP contribution in [0.2, 0.25) is 5.02 Å². The molecule has 0 heterocycles. The zero-order valence-electron chi connectivity index (χ0n) is 11.7. The van der Waals surface area contributed by atoms with Gasteiger partial charge in [0, 0.05) is 22.9 Å². The summed E-state index contributed by atoms with van der Waals surface area (Å²) in [6.45, 7) is 0.587. The second-order valence-corrected chi connectivity index (χ2v) is 6.88. The number of amides is 1. The predicted molar refractivity (Wildman–Crippen MR) is 85.2 cm³/mol. The summed E-state index contributed by atoms with van der Waals surface area (Å²) < 4.78 is 0.105. The first-order valence-electron chi connectivity index (χ1n) is 6.75. The van der Waals surface area contributed by atoms with Crippen LogP contribution in [0.5, 0.6) is 0 Å². The van der Waals surface area contributed by atoms with E-state index < -0.39 is 4.92 Å². The third-order valence-corrected chi connectivity index (χ3v) is 5.66. The molecule has 0 unspecified atom stereocenters. The molecule has 114 valence electrons. The molecule has 1 fully saturated rings. The van der Waals surface area contributed by atoms with E-state index in [9.17, 15) is 14.9 Å². The van der Waals surface area contributed by atoms with Crippen molar-refractivity contribution in [2.45, 2.75) is 30.4 Å². The number of nitrogens with one attached hydrogen (secondary N) is 1. The molecule has 7 heteroatoms. The molecule has 0 radical (unpaired) electrons. The van der Waals surface area contributed by atoms with Crippen LogP contribution in [0.1, 0.15) is 36.0 Å². The summed E-state index contributed by atoms with van der Waals surface area (Å²) in [5.41, 5.74) is 0.0186. The Morgan fingerprint density at radius 3 is 2.71 bits per heavy atom. The summed E-state index contributed by atoms with van der Waals surface area (Å²) in [5.74, 6) is -0.296. The molecule has 1 N–H and O–H groups in total. The second kappa shape index (κ2) is 6.66. The maximum absolute atomic E-state index is 12.2. The number of hydrogen-bond donors (Lipinski definition) is 1. The Morgan fingerprint density at radius 2 is 2.14 bits per heavy atom. The molecule has 0 saturated heterocycles. The van der Waals surface area contributed by atoms with Crippen molar-refractivity contribution < 1.29 is 9.72 Å². The number of halogens is 1. The van der Waals surface area contributed by atoms with Crippen molar-refractivity contribution >= 4 is 35.0 Å². The summed E-state index contributed by atoms with van der Waals surface area (Å²) in [4.78, 5) is 22.4. The molecule has 21 heavy (non-hydrogen) atoms. The predicted octanol–water partition coefficient (Wildman–Crippen LogP) is 3.65. The van der Waals surface area contributed by atoms with Crippen LogP contribution in [0.3, 0.4) is 0 Å². The maximum Gasteiger partial charge on any atom is 0.288 e. The fraction of sp³-hybridized carbons (Fsp3) is 0.500. The van der Waals surface area contributed by atoms with Crippen molar-refractivity contribution in [1.29, 1.82) is 0 Å². The van der Waals surface area contributed by atoms with Gasteiger partial charge in [0.05, 0.1) is 4.92 Å². The minimum absolute atomic E-state index is 0.0351. The van der Waals surface area contributed by atoms with E-state index in [1.165, 1.54) is 31.0 Å². The lowest BCUT2D eigenvalue weighted by Crippen LogP contribution is -2.38. The zero-order chi connectivity index (χ0) is 15.5. The normalized spacial score (nSPS) is 16.7. The van der Waals surface area contributed by atoms with Gasteiger partial charge in [0.15, 0.2) is 0 Å². The van der Waals surface area contributed by atoms with Gasteiger partial charge in [-0.05, 0) is 31.2 Å². The first-order valence-corrected chi connectivity index (χ1v) is 8.35. The Balaban J connectivity index is 2.07. The molecule has 0 aromatic heterocycles. The van der Waals surface area contributed by atoms with Gasteiger partial charge in [0.2, 0.25) is 0 Å². The number of nitro groups is 1. The van der Waals surface area contributed by atoms with Gasteiger partial charge in [0.25, 0.3) is 11.6 Å². The quantitative estimate of drug-likeness (QED) is 0.661. The van der Waals surface area contributed by atoms with E-state index in [0.29, 0.717) is 6.54 Å². The van der Waals surface area contributed by atoms with Gasteiger partial charge in [0.1, 0.15) is 5.02 Å². The van der Waals surface area contributed by atoms with Crippen LogP contribution in [0.4, 0.5) is 5.69 Å². The molecule has 1 aliphatic carbocycles. The van der Waals surface area contributed by atoms with E-state index in [1.54, 1.807) is 11.8 Å². The minimum atomic E-state index is -0.584. The Labute approximate surface area is 132 Å². The number of rotatable bonds is 5. The van der Waals surface area contributed by atoms with Crippen LogP contribution in [0, 0.1) is 10.1 Å². The molecule has 1 aliphatic rings. The van der Waals surface area contributed by atoms with Crippen LogP contribution < -0.4 is 5.32 Å². The molecule has 0 aliphatic heterocycles. The zero-order valence-corrected chi connectivity index (χ0v) is 13.3. The summed E-state index contributed by atoms with van der Waals surface area (Å²) >= 11 is 7.53. The highest BCUT2D eigenvalue weighted by Crippen LogP contribution is 2.39. The minimum Gasteiger partial charge on any atom is -0.351 e. The lowest BCUT2D eigenvalue weighted by atomic mass is 10.1. The first kappa shape index (κ1) is 16.1. The molecule has 1 saturated carbocycles. The third-order valence-electron chi connectivity index (χ3n) is 3.92. The van der Waals surface area contributed by atoms with Crippen molar-refractivity contribution in [3.8, 4) is 0 Å². The molecule has 0 spiro atoms. The molecule has 0 bridgehead atoms. The van der Waals surface area contributed by atoms with Gasteiger partial charge < -0.3 is 5.32 Å². The third kappa shape index (κ3) is 3.68. The fourth-order valence-corrected chi connectivity index (χ4v) is 3.71. The van der Waals surface area contributed by atoms with Crippen LogP contribution in [0.15, 0.2) is 18.2 Å². The monoisotopic (exact) mass is 328 g/mol. The molecule has 2 rings (SSSR count). The van der Waals surface area contributed by atoms with Crippen LogP contribution in [-0.4, -0.2) is 28.4 Å². The number of benzene rings is 1. The topological polar surface area (TPSA) is 72.2 Å². The van der Waals surface area contributed by atoms with E-state index in [4.69, 9.17) is 11.6 Å². The van der Waals surface area contributed by atoms with E-state index in [0.717, 1.165) is 12.8 Å². The first-order chi connectivity index (χ1) is 9.97. The Hall–Kier alpha value is -1.27. The van der Waals surface area contributed by atoms with Crippen molar-refractivity contribution in [2.75, 3.05) is 12.8 Å². The van der Waals surface area contributed by atoms with Crippen molar-refractivity contribution in [3.05, 3.63) is 38.9 Å².